The molecule has 0 atom stereocenters. The molecule has 3 aliphatic carbocycles. The molecule has 3 saturated carbocycles. The van der Waals surface area contributed by atoms with Crippen molar-refractivity contribution in [2.75, 3.05) is 0 Å². The van der Waals surface area contributed by atoms with Gasteiger partial charge in [0.2, 0.25) is 0 Å². The molecule has 0 N–H and O–H groups in total. The number of hydrogen-bond acceptors (Lipinski definition) is 9. The van der Waals surface area contributed by atoms with E-state index in [1.807, 2.05) is 243 Å². The van der Waals surface area contributed by atoms with Crippen LogP contribution >= 0.6 is 0 Å². The SMILES string of the molecule is [2H]C([2H])([2H])c1c[c-]c(-c2cc(C)c(C([2H])([2H])[2H])cn2)cc1.[2H]C([2H])([2H])c1c[c-]c(-c2ccc(C([2H])([2H])[2H])cn2)cc1.[2H]C([2H])([2H])c1cnc(-c2[c-]cccc2)cc1C.[2H]C1(c2ccccc2)CCC([2H])(c2ccnc(-c3[c-]ccc4c3oc3ccccc34)c2)CC1.[2H]C1(c2ccccc2)CCC([2H])(c2ccnc(-c3[c-]ccc4c3oc3ccccc34)c2)CC1.[2H]C1(c2ccccc2)CCC([2H])(c2ccnc(-c3[c-]ccc4c3oc3ccccc34)c2)CC1.[Ir].[Ir].[Ir]. The Labute approximate surface area is 887 Å². The number of para-hydroxylation sites is 3. The van der Waals surface area contributed by atoms with E-state index in [2.05, 4.69) is 84.5 Å². The summed E-state index contributed by atoms with van der Waals surface area (Å²) in [5, 5.41) is 6.38. The van der Waals surface area contributed by atoms with E-state index in [0.29, 0.717) is 111 Å². The predicted octanol–water partition coefficient (Wildman–Crippen LogP) is 33.5. The van der Waals surface area contributed by atoms with Crippen LogP contribution in [0.15, 0.2) is 372 Å². The molecule has 12 aromatic carbocycles. The van der Waals surface area contributed by atoms with Crippen molar-refractivity contribution in [1.82, 2.24) is 29.9 Å². The van der Waals surface area contributed by atoms with Crippen molar-refractivity contribution >= 4 is 65.8 Å². The van der Waals surface area contributed by atoms with Crippen LogP contribution in [0.25, 0.3) is 133 Å². The smallest absolute Gasteiger partial charge is 0.120 e. The molecular weight excluding hydrogens is 2230 g/mol. The molecule has 0 amide bonds. The first kappa shape index (κ1) is 74.9. The number of pyridine rings is 6. The maximum atomic E-state index is 9.27. The summed E-state index contributed by atoms with van der Waals surface area (Å²) >= 11 is 0. The number of benzene rings is 12. The van der Waals surface area contributed by atoms with Crippen LogP contribution in [0.4, 0.5) is 0 Å². The quantitative estimate of drug-likeness (QED) is 0.110. The average molecular weight is 2370 g/mol. The molecule has 139 heavy (non-hydrogen) atoms. The van der Waals surface area contributed by atoms with Crippen molar-refractivity contribution in [1.29, 1.82) is 0 Å². The largest absolute Gasteiger partial charge is 0.501 e. The second kappa shape index (κ2) is 47.0. The van der Waals surface area contributed by atoms with E-state index in [1.54, 1.807) is 62.8 Å². The van der Waals surface area contributed by atoms with Gasteiger partial charge in [0.25, 0.3) is 0 Å². The second-order valence-corrected chi connectivity index (χ2v) is 34.0. The van der Waals surface area contributed by atoms with Crippen LogP contribution in [0.1, 0.15) is 214 Å². The zero-order chi connectivity index (χ0) is 111. The normalized spacial score (nSPS) is 21.8. The topological polar surface area (TPSA) is 117 Å². The second-order valence-electron chi connectivity index (χ2n) is 34.0. The molecule has 0 unspecified atom stereocenters. The predicted molar refractivity (Wildman–Crippen MR) is 557 cm³/mol. The van der Waals surface area contributed by atoms with Gasteiger partial charge in [-0.1, -0.05) is 262 Å². The van der Waals surface area contributed by atoms with Gasteiger partial charge in [0.05, 0.1) is 16.7 Å². The van der Waals surface area contributed by atoms with Gasteiger partial charge < -0.3 is 43.2 Å². The van der Waals surface area contributed by atoms with Gasteiger partial charge in [-0.05, 0) is 251 Å². The van der Waals surface area contributed by atoms with E-state index < -0.39 is 69.6 Å². The zero-order valence-electron chi connectivity index (χ0n) is 97.5. The number of furan rings is 3. The Morgan fingerprint density at radius 3 is 0.892 bits per heavy atom. The molecule has 0 saturated heterocycles. The first-order chi connectivity index (χ1) is 74.9. The number of rotatable bonds is 12. The molecule has 21 aromatic rings. The third-order valence-corrected chi connectivity index (χ3v) is 25.4. The molecule has 0 spiro atoms. The molecule has 3 radical (unpaired) electrons. The minimum Gasteiger partial charge on any atom is -0.501 e. The monoisotopic (exact) mass is 2370 g/mol. The maximum Gasteiger partial charge on any atom is 0.120 e. The van der Waals surface area contributed by atoms with E-state index >= 15 is 0 Å². The van der Waals surface area contributed by atoms with Crippen molar-refractivity contribution in [2.24, 2.45) is 0 Å². The van der Waals surface area contributed by atoms with Crippen LogP contribution in [-0.4, -0.2) is 29.9 Å². The Hall–Kier alpha value is -13.1. The van der Waals surface area contributed by atoms with E-state index in [1.165, 1.54) is 48.9 Å². The van der Waals surface area contributed by atoms with Gasteiger partial charge in [0.1, 0.15) is 16.7 Å². The fourth-order valence-corrected chi connectivity index (χ4v) is 18.0. The molecule has 699 valence electrons. The Balaban J connectivity index is 0.000000137. The summed E-state index contributed by atoms with van der Waals surface area (Å²) in [5.74, 6) is -4.02. The van der Waals surface area contributed by atoms with Gasteiger partial charge in [-0.3, -0.25) is 0 Å². The Morgan fingerprint density at radius 1 is 0.252 bits per heavy atom. The van der Waals surface area contributed by atoms with Gasteiger partial charge in [0, 0.05) is 142 Å². The summed E-state index contributed by atoms with van der Waals surface area (Å²) in [5.41, 5.74) is 22.1. The van der Waals surface area contributed by atoms with Gasteiger partial charge in [-0.2, -0.15) is 0 Å². The van der Waals surface area contributed by atoms with E-state index in [0.717, 1.165) is 150 Å². The van der Waals surface area contributed by atoms with Gasteiger partial charge in [0.15, 0.2) is 0 Å². The van der Waals surface area contributed by atoms with Crippen LogP contribution in [0.5, 0.6) is 0 Å². The van der Waals surface area contributed by atoms with E-state index in [4.69, 9.17) is 37.9 Å². The van der Waals surface area contributed by atoms with Crippen molar-refractivity contribution < 1.29 is 102 Å². The third-order valence-electron chi connectivity index (χ3n) is 25.4. The van der Waals surface area contributed by atoms with E-state index in [-0.39, 0.29) is 82.6 Å². The van der Waals surface area contributed by atoms with Crippen LogP contribution in [0, 0.1) is 84.5 Å². The number of hydrogen-bond donors (Lipinski definition) is 0. The molecule has 24 rings (SSSR count). The number of aryl methyl sites for hydroxylation is 7. The van der Waals surface area contributed by atoms with Crippen LogP contribution in [-0.2, 0) is 60.3 Å². The first-order valence-electron chi connectivity index (χ1n) is 56.4. The van der Waals surface area contributed by atoms with Crippen molar-refractivity contribution in [3.63, 3.8) is 0 Å². The summed E-state index contributed by atoms with van der Waals surface area (Å²) < 4.78 is 183. The summed E-state index contributed by atoms with van der Waals surface area (Å²) in [6.07, 6.45) is 17.3. The number of fused-ring (bicyclic) bond motifs is 9. The molecule has 3 fully saturated rings. The Bertz CT molecular complexity index is 8030. The van der Waals surface area contributed by atoms with Crippen LogP contribution in [0.3, 0.4) is 0 Å². The van der Waals surface area contributed by atoms with Crippen molar-refractivity contribution in [2.45, 2.75) is 161 Å². The molecule has 12 heteroatoms. The van der Waals surface area contributed by atoms with Gasteiger partial charge in [-0.15, -0.1) is 161 Å². The molecule has 3 aliphatic rings. The zero-order valence-corrected chi connectivity index (χ0v) is 83.6. The van der Waals surface area contributed by atoms with E-state index in [9.17, 15) is 4.11 Å². The van der Waals surface area contributed by atoms with Crippen LogP contribution in [0.2, 0.25) is 0 Å². The Morgan fingerprint density at radius 2 is 0.576 bits per heavy atom. The van der Waals surface area contributed by atoms with Gasteiger partial charge >= 0.3 is 0 Å². The van der Waals surface area contributed by atoms with Crippen LogP contribution < -0.4 is 0 Å². The molecular formula is C127H110Ir3N6O3-6. The maximum absolute atomic E-state index is 9.27. The molecule has 9 heterocycles. The Kier molecular flexibility index (Phi) is 25.3. The summed E-state index contributed by atoms with van der Waals surface area (Å²) in [6, 6.07) is 120. The summed E-state index contributed by atoms with van der Waals surface area (Å²) in [4.78, 5) is 26.3. The summed E-state index contributed by atoms with van der Waals surface area (Å²) in [7, 11) is 0. The molecule has 0 bridgehead atoms. The fourth-order valence-electron chi connectivity index (χ4n) is 18.0. The average Bonchev–Trinajstić information content (AvgIpc) is 1.77. The molecule has 0 aliphatic heterocycles. The minimum atomic E-state index is -2.19. The molecule has 9 nitrogen and oxygen atoms in total. The number of aromatic nitrogens is 6. The van der Waals surface area contributed by atoms with Crippen molar-refractivity contribution in [3.05, 3.63) is 467 Å². The third kappa shape index (κ3) is 23.7. The standard InChI is InChI=1S/3C29H24NO.C14H14N.2C13H12N.3Ir/c3*1-2-7-20(8-3-1)21-13-15-22(16-14-21)23-17-18-30-27(19-23)26-11-6-10-25-24-9-4-5-12-28(24)31-29(25)26;1-10-4-6-13(7-5-10)14-8-11(2)12(3)9-15-14;1-10-3-6-12(7-4-10)13-8-5-11(2)9-14-13;1-10-8-13(14-9-11(10)2)12-6-4-3-5-7-12;;;/h3*1-10,12,17-19,21-22H,13-16H2;4-6,8-9H,1-3H3;2*3-6,8-9H,1-2H3;;;/q6*-1;;;/i3*21D,22D;1D3,3D3;1D3,2D3;2D3;;;. The molecule has 9 aromatic heterocycles. The number of nitrogens with zero attached hydrogens (tertiary/aromatic N) is 6. The van der Waals surface area contributed by atoms with Gasteiger partial charge in [-0.25, -0.2) is 0 Å². The van der Waals surface area contributed by atoms with Crippen molar-refractivity contribution in [3.8, 4) is 67.5 Å². The fraction of sp³-hybridized carbons (Fsp3) is 0.197. The minimum absolute atomic E-state index is 0. The summed E-state index contributed by atoms with van der Waals surface area (Å²) in [6.45, 7) is -7.29. The first-order valence-corrected chi connectivity index (χ1v) is 45.9.